The molecule has 0 aliphatic carbocycles. The van der Waals surface area contributed by atoms with Crippen molar-refractivity contribution in [1.82, 2.24) is 5.32 Å². The summed E-state index contributed by atoms with van der Waals surface area (Å²) < 4.78 is 5.62. The Bertz CT molecular complexity index is 499. The second-order valence-corrected chi connectivity index (χ2v) is 5.48. The van der Waals surface area contributed by atoms with Crippen LogP contribution in [0, 0.1) is 10.1 Å². The van der Waals surface area contributed by atoms with Gasteiger partial charge in [0.2, 0.25) is 0 Å². The minimum atomic E-state index is -0.335. The van der Waals surface area contributed by atoms with Crippen LogP contribution in [0.4, 0.5) is 11.4 Å². The fourth-order valence-electron chi connectivity index (χ4n) is 2.81. The van der Waals surface area contributed by atoms with Crippen molar-refractivity contribution in [2.75, 3.05) is 24.5 Å². The van der Waals surface area contributed by atoms with Gasteiger partial charge in [0.1, 0.15) is 5.69 Å². The fraction of sp³-hybridized carbons (Fsp3) is 0.600. The lowest BCUT2D eigenvalue weighted by molar-refractivity contribution is -0.385. The molecule has 1 unspecified atom stereocenters. The summed E-state index contributed by atoms with van der Waals surface area (Å²) in [6.07, 6.45) is 0.905. The van der Waals surface area contributed by atoms with Gasteiger partial charge in [0.25, 0.3) is 0 Å². The standard InChI is InChI=1S/C15H23N3O3/c1-4-17(12-8-9-16-10-12)13-6-5-7-14(21-11(2)3)15(13)18(19)20/h5-7,11-12,16H,4,8-10H2,1-3H3. The van der Waals surface area contributed by atoms with Gasteiger partial charge in [-0.15, -0.1) is 0 Å². The number of nitro benzene ring substituents is 1. The van der Waals surface area contributed by atoms with Crippen molar-refractivity contribution >= 4 is 11.4 Å². The largest absolute Gasteiger partial charge is 0.484 e. The molecule has 2 rings (SSSR count). The van der Waals surface area contributed by atoms with Crippen LogP contribution < -0.4 is 15.0 Å². The molecular formula is C15H23N3O3. The Kier molecular flexibility index (Phi) is 5.01. The van der Waals surface area contributed by atoms with E-state index in [1.165, 1.54) is 0 Å². The van der Waals surface area contributed by atoms with E-state index in [-0.39, 0.29) is 16.7 Å². The first-order valence-corrected chi connectivity index (χ1v) is 7.46. The number of likely N-dealkylation sites (N-methyl/N-ethyl adjacent to an activating group) is 1. The Morgan fingerprint density at radius 3 is 2.81 bits per heavy atom. The van der Waals surface area contributed by atoms with E-state index in [0.717, 1.165) is 26.1 Å². The van der Waals surface area contributed by atoms with E-state index in [1.807, 2.05) is 32.9 Å². The highest BCUT2D eigenvalue weighted by molar-refractivity contribution is 5.70. The smallest absolute Gasteiger partial charge is 0.333 e. The molecule has 6 heteroatoms. The van der Waals surface area contributed by atoms with E-state index < -0.39 is 0 Å². The highest BCUT2D eigenvalue weighted by atomic mass is 16.6. The number of benzene rings is 1. The summed E-state index contributed by atoms with van der Waals surface area (Å²) in [7, 11) is 0. The number of nitrogens with zero attached hydrogens (tertiary/aromatic N) is 2. The summed E-state index contributed by atoms with van der Waals surface area (Å²) in [5, 5.41) is 14.9. The number of anilines is 1. The molecule has 0 amide bonds. The fourth-order valence-corrected chi connectivity index (χ4v) is 2.81. The van der Waals surface area contributed by atoms with Crippen molar-refractivity contribution in [3.63, 3.8) is 0 Å². The highest BCUT2D eigenvalue weighted by Gasteiger charge is 2.30. The van der Waals surface area contributed by atoms with Crippen LogP contribution in [-0.4, -0.2) is 36.7 Å². The van der Waals surface area contributed by atoms with E-state index in [0.29, 0.717) is 17.5 Å². The average Bonchev–Trinajstić information content (AvgIpc) is 2.92. The summed E-state index contributed by atoms with van der Waals surface area (Å²) in [4.78, 5) is 13.3. The van der Waals surface area contributed by atoms with Gasteiger partial charge in [0, 0.05) is 19.1 Å². The summed E-state index contributed by atoms with van der Waals surface area (Å²) >= 11 is 0. The second kappa shape index (κ2) is 6.76. The zero-order chi connectivity index (χ0) is 15.4. The maximum absolute atomic E-state index is 11.5. The van der Waals surface area contributed by atoms with E-state index in [4.69, 9.17) is 4.74 Å². The van der Waals surface area contributed by atoms with Gasteiger partial charge in [-0.3, -0.25) is 10.1 Å². The molecule has 0 radical (unpaired) electrons. The Morgan fingerprint density at radius 1 is 1.52 bits per heavy atom. The number of ether oxygens (including phenoxy) is 1. The zero-order valence-electron chi connectivity index (χ0n) is 12.8. The van der Waals surface area contributed by atoms with Crippen LogP contribution in [0.15, 0.2) is 18.2 Å². The number of hydrogen-bond donors (Lipinski definition) is 1. The number of para-hydroxylation sites is 1. The average molecular weight is 293 g/mol. The molecule has 1 aliphatic rings. The third kappa shape index (κ3) is 3.44. The number of rotatable bonds is 6. The van der Waals surface area contributed by atoms with Gasteiger partial charge in [0.15, 0.2) is 5.75 Å². The van der Waals surface area contributed by atoms with Gasteiger partial charge in [-0.25, -0.2) is 0 Å². The first-order chi connectivity index (χ1) is 10.0. The molecule has 1 N–H and O–H groups in total. The molecule has 0 saturated carbocycles. The minimum absolute atomic E-state index is 0.0694. The molecule has 0 bridgehead atoms. The van der Waals surface area contributed by atoms with E-state index >= 15 is 0 Å². The van der Waals surface area contributed by atoms with Gasteiger partial charge < -0.3 is 15.0 Å². The van der Waals surface area contributed by atoms with Gasteiger partial charge in [-0.1, -0.05) is 6.07 Å². The number of nitro groups is 1. The van der Waals surface area contributed by atoms with Crippen LogP contribution in [0.25, 0.3) is 0 Å². The third-order valence-corrected chi connectivity index (χ3v) is 3.65. The van der Waals surface area contributed by atoms with Gasteiger partial charge in [-0.05, 0) is 45.9 Å². The Balaban J connectivity index is 2.43. The molecule has 1 aromatic carbocycles. The molecule has 1 heterocycles. The van der Waals surface area contributed by atoms with E-state index in [1.54, 1.807) is 6.07 Å². The Hall–Kier alpha value is -1.82. The molecule has 116 valence electrons. The Morgan fingerprint density at radius 2 is 2.29 bits per heavy atom. The van der Waals surface area contributed by atoms with Gasteiger partial charge >= 0.3 is 5.69 Å². The molecule has 1 aromatic rings. The Labute approximate surface area is 125 Å². The van der Waals surface area contributed by atoms with Crippen LogP contribution in [0.2, 0.25) is 0 Å². The second-order valence-electron chi connectivity index (χ2n) is 5.48. The van der Waals surface area contributed by atoms with Crippen LogP contribution in [0.1, 0.15) is 27.2 Å². The first-order valence-electron chi connectivity index (χ1n) is 7.46. The number of hydrogen-bond acceptors (Lipinski definition) is 5. The predicted molar refractivity (Wildman–Crippen MR) is 83.2 cm³/mol. The topological polar surface area (TPSA) is 67.6 Å². The van der Waals surface area contributed by atoms with Crippen molar-refractivity contribution in [2.24, 2.45) is 0 Å². The molecule has 0 spiro atoms. The normalized spacial score (nSPS) is 18.0. The molecule has 21 heavy (non-hydrogen) atoms. The van der Waals surface area contributed by atoms with Crippen molar-refractivity contribution in [1.29, 1.82) is 0 Å². The van der Waals surface area contributed by atoms with Crippen LogP contribution in [0.3, 0.4) is 0 Å². The molecule has 0 aromatic heterocycles. The van der Waals surface area contributed by atoms with Crippen LogP contribution in [0.5, 0.6) is 5.75 Å². The van der Waals surface area contributed by atoms with Crippen molar-refractivity contribution in [3.05, 3.63) is 28.3 Å². The SMILES string of the molecule is CCN(c1cccc(OC(C)C)c1[N+](=O)[O-])C1CCNC1. The summed E-state index contributed by atoms with van der Waals surface area (Å²) in [6.45, 7) is 8.32. The van der Waals surface area contributed by atoms with Gasteiger partial charge in [0.05, 0.1) is 11.0 Å². The molecule has 1 saturated heterocycles. The van der Waals surface area contributed by atoms with E-state index in [2.05, 4.69) is 10.2 Å². The summed E-state index contributed by atoms with van der Waals surface area (Å²) in [6, 6.07) is 5.60. The molecule has 1 atom stereocenters. The van der Waals surface area contributed by atoms with Crippen LogP contribution in [-0.2, 0) is 0 Å². The lowest BCUT2D eigenvalue weighted by Crippen LogP contribution is -2.37. The molecule has 1 aliphatic heterocycles. The third-order valence-electron chi connectivity index (χ3n) is 3.65. The quantitative estimate of drug-likeness (QED) is 0.645. The molecular weight excluding hydrogens is 270 g/mol. The molecule has 6 nitrogen and oxygen atoms in total. The predicted octanol–water partition coefficient (Wildman–Crippen LogP) is 2.57. The monoisotopic (exact) mass is 293 g/mol. The lowest BCUT2D eigenvalue weighted by Gasteiger charge is -2.29. The first kappa shape index (κ1) is 15.6. The molecule has 1 fully saturated rings. The maximum atomic E-state index is 11.5. The van der Waals surface area contributed by atoms with Crippen LogP contribution >= 0.6 is 0 Å². The number of nitrogens with one attached hydrogen (secondary N) is 1. The highest BCUT2D eigenvalue weighted by Crippen LogP contribution is 2.38. The lowest BCUT2D eigenvalue weighted by atomic mass is 10.1. The van der Waals surface area contributed by atoms with Crippen molar-refractivity contribution < 1.29 is 9.66 Å². The summed E-state index contributed by atoms with van der Waals surface area (Å²) in [5.74, 6) is 0.344. The van der Waals surface area contributed by atoms with E-state index in [9.17, 15) is 10.1 Å². The minimum Gasteiger partial charge on any atom is -0.484 e. The van der Waals surface area contributed by atoms with Gasteiger partial charge in [-0.2, -0.15) is 0 Å². The van der Waals surface area contributed by atoms with Crippen molar-refractivity contribution in [3.8, 4) is 5.75 Å². The summed E-state index contributed by atoms with van der Waals surface area (Å²) in [5.41, 5.74) is 0.717. The maximum Gasteiger partial charge on any atom is 0.333 e. The van der Waals surface area contributed by atoms with Crippen molar-refractivity contribution in [2.45, 2.75) is 39.3 Å². The zero-order valence-corrected chi connectivity index (χ0v) is 12.8.